The molecule has 90 valence electrons. The molecule has 3 heterocycles. The van der Waals surface area contributed by atoms with Crippen molar-refractivity contribution >= 4 is 11.7 Å². The quantitative estimate of drug-likeness (QED) is 0.779. The van der Waals surface area contributed by atoms with Crippen LogP contribution < -0.4 is 5.32 Å². The van der Waals surface area contributed by atoms with Gasteiger partial charge in [0.1, 0.15) is 11.6 Å². The number of amides is 1. The van der Waals surface area contributed by atoms with E-state index in [1.165, 1.54) is 24.5 Å². The van der Waals surface area contributed by atoms with Crippen LogP contribution in [0.5, 0.6) is 0 Å². The predicted octanol–water partition coefficient (Wildman–Crippen LogP) is 0.804. The van der Waals surface area contributed by atoms with Gasteiger partial charge in [0.15, 0.2) is 0 Å². The van der Waals surface area contributed by atoms with Gasteiger partial charge in [-0.2, -0.15) is 0 Å². The minimum Gasteiger partial charge on any atom is -0.372 e. The molecule has 0 saturated heterocycles. The van der Waals surface area contributed by atoms with Gasteiger partial charge in [-0.1, -0.05) is 0 Å². The number of hydrogen-bond acceptors (Lipinski definition) is 4. The van der Waals surface area contributed by atoms with Crippen molar-refractivity contribution in [3.8, 4) is 0 Å². The number of hydrogen-bond donors (Lipinski definition) is 2. The fourth-order valence-corrected chi connectivity index (χ4v) is 2.05. The third kappa shape index (κ3) is 1.26. The zero-order chi connectivity index (χ0) is 12.8. The van der Waals surface area contributed by atoms with Crippen molar-refractivity contribution in [3.63, 3.8) is 0 Å². The summed E-state index contributed by atoms with van der Waals surface area (Å²) in [5.74, 6) is -1.23. The average molecular weight is 245 g/mol. The summed E-state index contributed by atoms with van der Waals surface area (Å²) >= 11 is 0. The standard InChI is InChI=1S/C12H8FN3O2/c13-9-6-14-5-3-7(9)12(18)8-2-1-4-15-10(8)16-11(12)17/h1-6,18H,(H,15,16,17). The Morgan fingerprint density at radius 2 is 2.11 bits per heavy atom. The van der Waals surface area contributed by atoms with Crippen molar-refractivity contribution in [2.75, 3.05) is 5.32 Å². The minimum absolute atomic E-state index is 0.137. The second-order valence-electron chi connectivity index (χ2n) is 3.92. The van der Waals surface area contributed by atoms with E-state index in [0.29, 0.717) is 0 Å². The lowest BCUT2D eigenvalue weighted by Crippen LogP contribution is -2.36. The van der Waals surface area contributed by atoms with Crippen molar-refractivity contribution < 1.29 is 14.3 Å². The van der Waals surface area contributed by atoms with Gasteiger partial charge >= 0.3 is 0 Å². The Hall–Kier alpha value is -2.34. The third-order valence-corrected chi connectivity index (χ3v) is 2.92. The molecule has 18 heavy (non-hydrogen) atoms. The van der Waals surface area contributed by atoms with E-state index in [4.69, 9.17) is 0 Å². The molecule has 6 heteroatoms. The summed E-state index contributed by atoms with van der Waals surface area (Å²) < 4.78 is 13.7. The molecular formula is C12H8FN3O2. The van der Waals surface area contributed by atoms with Crippen LogP contribution in [0.15, 0.2) is 36.8 Å². The van der Waals surface area contributed by atoms with E-state index in [-0.39, 0.29) is 16.9 Å². The smallest absolute Gasteiger partial charge is 0.267 e. The van der Waals surface area contributed by atoms with Gasteiger partial charge in [0, 0.05) is 23.5 Å². The lowest BCUT2D eigenvalue weighted by Gasteiger charge is -2.21. The van der Waals surface area contributed by atoms with E-state index in [1.807, 2.05) is 0 Å². The molecule has 1 atom stereocenters. The summed E-state index contributed by atoms with van der Waals surface area (Å²) in [7, 11) is 0. The molecule has 1 unspecified atom stereocenters. The lowest BCUT2D eigenvalue weighted by atomic mass is 9.89. The number of nitrogens with one attached hydrogen (secondary N) is 1. The molecule has 0 aromatic carbocycles. The Labute approximate surface area is 101 Å². The molecular weight excluding hydrogens is 237 g/mol. The van der Waals surface area contributed by atoms with Gasteiger partial charge in [-0.05, 0) is 18.2 Å². The molecule has 0 radical (unpaired) electrons. The first kappa shape index (κ1) is 10.8. The van der Waals surface area contributed by atoms with E-state index in [9.17, 15) is 14.3 Å². The van der Waals surface area contributed by atoms with Crippen LogP contribution in [-0.4, -0.2) is 21.0 Å². The van der Waals surface area contributed by atoms with Gasteiger partial charge in [-0.15, -0.1) is 0 Å². The number of carbonyl (C=O) groups is 1. The number of pyridine rings is 2. The van der Waals surface area contributed by atoms with Gasteiger partial charge in [-0.25, -0.2) is 9.37 Å². The van der Waals surface area contributed by atoms with Gasteiger partial charge < -0.3 is 10.4 Å². The minimum atomic E-state index is -2.06. The van der Waals surface area contributed by atoms with E-state index < -0.39 is 17.3 Å². The molecule has 0 fully saturated rings. The summed E-state index contributed by atoms with van der Waals surface area (Å²) in [5.41, 5.74) is -1.96. The van der Waals surface area contributed by atoms with Gasteiger partial charge in [0.2, 0.25) is 5.60 Å². The number of nitrogens with zero attached hydrogens (tertiary/aromatic N) is 2. The zero-order valence-corrected chi connectivity index (χ0v) is 9.09. The first-order valence-electron chi connectivity index (χ1n) is 5.23. The second kappa shape index (κ2) is 3.58. The number of halogens is 1. The number of anilines is 1. The van der Waals surface area contributed by atoms with Crippen LogP contribution in [0.3, 0.4) is 0 Å². The maximum Gasteiger partial charge on any atom is 0.267 e. The van der Waals surface area contributed by atoms with Crippen LogP contribution in [-0.2, 0) is 10.4 Å². The van der Waals surface area contributed by atoms with Crippen LogP contribution in [0.4, 0.5) is 10.2 Å². The van der Waals surface area contributed by atoms with Crippen LogP contribution >= 0.6 is 0 Å². The molecule has 3 rings (SSSR count). The van der Waals surface area contributed by atoms with Crippen molar-refractivity contribution in [2.45, 2.75) is 5.60 Å². The lowest BCUT2D eigenvalue weighted by molar-refractivity contribution is -0.129. The Balaban J connectivity index is 2.27. The van der Waals surface area contributed by atoms with E-state index in [2.05, 4.69) is 15.3 Å². The highest BCUT2D eigenvalue weighted by Crippen LogP contribution is 2.40. The molecule has 1 aliphatic heterocycles. The van der Waals surface area contributed by atoms with Crippen LogP contribution in [0.1, 0.15) is 11.1 Å². The maximum atomic E-state index is 13.7. The normalized spacial score (nSPS) is 21.6. The first-order chi connectivity index (χ1) is 8.64. The molecule has 0 saturated carbocycles. The van der Waals surface area contributed by atoms with E-state index in [0.717, 1.165) is 6.20 Å². The number of fused-ring (bicyclic) bond motifs is 1. The summed E-state index contributed by atoms with van der Waals surface area (Å²) in [6, 6.07) is 4.38. The molecule has 0 bridgehead atoms. The van der Waals surface area contributed by atoms with Crippen LogP contribution in [0.2, 0.25) is 0 Å². The molecule has 5 nitrogen and oxygen atoms in total. The van der Waals surface area contributed by atoms with Gasteiger partial charge in [0.25, 0.3) is 5.91 Å². The second-order valence-corrected chi connectivity index (χ2v) is 3.92. The fraction of sp³-hybridized carbons (Fsp3) is 0.0833. The largest absolute Gasteiger partial charge is 0.372 e. The number of aliphatic hydroxyl groups is 1. The molecule has 2 aromatic heterocycles. The third-order valence-electron chi connectivity index (χ3n) is 2.92. The molecule has 1 amide bonds. The monoisotopic (exact) mass is 245 g/mol. The van der Waals surface area contributed by atoms with Crippen molar-refractivity contribution in [1.82, 2.24) is 9.97 Å². The average Bonchev–Trinajstić information content (AvgIpc) is 2.63. The Morgan fingerprint density at radius 1 is 1.28 bits per heavy atom. The molecule has 1 aliphatic rings. The van der Waals surface area contributed by atoms with Gasteiger partial charge in [-0.3, -0.25) is 9.78 Å². The molecule has 2 N–H and O–H groups in total. The zero-order valence-electron chi connectivity index (χ0n) is 9.09. The highest BCUT2D eigenvalue weighted by Gasteiger charge is 2.49. The van der Waals surface area contributed by atoms with Crippen LogP contribution in [0.25, 0.3) is 0 Å². The highest BCUT2D eigenvalue weighted by molar-refractivity contribution is 6.06. The number of aromatic nitrogens is 2. The molecule has 0 aliphatic carbocycles. The predicted molar refractivity (Wildman–Crippen MR) is 60.1 cm³/mol. The summed E-state index contributed by atoms with van der Waals surface area (Å²) in [6.45, 7) is 0. The number of carbonyl (C=O) groups excluding carboxylic acids is 1. The number of rotatable bonds is 1. The van der Waals surface area contributed by atoms with Crippen LogP contribution in [0, 0.1) is 5.82 Å². The highest BCUT2D eigenvalue weighted by atomic mass is 19.1. The van der Waals surface area contributed by atoms with E-state index in [1.54, 1.807) is 6.07 Å². The van der Waals surface area contributed by atoms with Gasteiger partial charge in [0.05, 0.1) is 6.20 Å². The maximum absolute atomic E-state index is 13.7. The summed E-state index contributed by atoms with van der Waals surface area (Å²) in [6.07, 6.45) is 3.75. The first-order valence-corrected chi connectivity index (χ1v) is 5.23. The Bertz CT molecular complexity index is 647. The van der Waals surface area contributed by atoms with E-state index >= 15 is 0 Å². The Kier molecular flexibility index (Phi) is 2.14. The van der Waals surface area contributed by atoms with Crippen molar-refractivity contribution in [1.29, 1.82) is 0 Å². The van der Waals surface area contributed by atoms with Crippen molar-refractivity contribution in [3.05, 3.63) is 53.7 Å². The SMILES string of the molecule is O=C1Nc2ncccc2C1(O)c1ccncc1F. The fourth-order valence-electron chi connectivity index (χ4n) is 2.05. The molecule has 0 spiro atoms. The summed E-state index contributed by atoms with van der Waals surface area (Å²) in [4.78, 5) is 19.4. The topological polar surface area (TPSA) is 75.1 Å². The van der Waals surface area contributed by atoms with Crippen molar-refractivity contribution in [2.24, 2.45) is 0 Å². The Morgan fingerprint density at radius 3 is 2.89 bits per heavy atom. The summed E-state index contributed by atoms with van der Waals surface area (Å²) in [5, 5.41) is 13.0. The molecule has 2 aromatic rings.